The van der Waals surface area contributed by atoms with Crippen LogP contribution in [0, 0.1) is 5.92 Å². The second-order valence-corrected chi connectivity index (χ2v) is 6.49. The van der Waals surface area contributed by atoms with Crippen LogP contribution in [-0.2, 0) is 11.2 Å². The molecule has 0 aliphatic rings. The third-order valence-corrected chi connectivity index (χ3v) is 4.56. The largest absolute Gasteiger partial charge is 0.299 e. The average Bonchev–Trinajstić information content (AvgIpc) is 2.72. The maximum absolute atomic E-state index is 12.7. The minimum atomic E-state index is -0.719. The lowest BCUT2D eigenvalue weighted by molar-refractivity contribution is -0.119. The molecule has 3 rings (SSSR count). The van der Waals surface area contributed by atoms with Crippen molar-refractivity contribution in [2.24, 2.45) is 5.92 Å². The van der Waals surface area contributed by atoms with Gasteiger partial charge in [-0.05, 0) is 18.9 Å². The Labute approximate surface area is 158 Å². The molecular formula is C24H20O3. The molecule has 0 radical (unpaired) electrons. The maximum atomic E-state index is 12.7. The van der Waals surface area contributed by atoms with Gasteiger partial charge in [0.25, 0.3) is 0 Å². The number of rotatable bonds is 7. The number of ketones is 3. The molecule has 1 unspecified atom stereocenters. The van der Waals surface area contributed by atoms with Crippen LogP contribution in [0.25, 0.3) is 0 Å². The monoisotopic (exact) mass is 356 g/mol. The van der Waals surface area contributed by atoms with Gasteiger partial charge >= 0.3 is 0 Å². The Morgan fingerprint density at radius 1 is 0.667 bits per heavy atom. The Kier molecular flexibility index (Phi) is 5.72. The van der Waals surface area contributed by atoms with E-state index in [1.165, 1.54) is 6.92 Å². The minimum absolute atomic E-state index is 0.0503. The van der Waals surface area contributed by atoms with E-state index in [1.54, 1.807) is 48.5 Å². The summed E-state index contributed by atoms with van der Waals surface area (Å²) in [5, 5.41) is 0. The molecule has 27 heavy (non-hydrogen) atoms. The van der Waals surface area contributed by atoms with Crippen LogP contribution in [0.4, 0.5) is 0 Å². The molecule has 3 heteroatoms. The predicted molar refractivity (Wildman–Crippen MR) is 105 cm³/mol. The van der Waals surface area contributed by atoms with Gasteiger partial charge in [0.05, 0.1) is 5.92 Å². The molecule has 0 aliphatic heterocycles. The molecule has 0 bridgehead atoms. The number of hydrogen-bond donors (Lipinski definition) is 0. The second kappa shape index (κ2) is 8.37. The summed E-state index contributed by atoms with van der Waals surface area (Å²) in [5.41, 5.74) is 2.60. The number of Topliss-reactive ketones (excluding diaryl/α,β-unsaturated/α-hetero) is 2. The van der Waals surface area contributed by atoms with Gasteiger partial charge in [-0.3, -0.25) is 14.4 Å². The van der Waals surface area contributed by atoms with Gasteiger partial charge in [0.15, 0.2) is 11.6 Å². The molecular weight excluding hydrogens is 336 g/mol. The lowest BCUT2D eigenvalue weighted by Crippen LogP contribution is -2.24. The fourth-order valence-electron chi connectivity index (χ4n) is 3.01. The Morgan fingerprint density at radius 2 is 1.15 bits per heavy atom. The zero-order chi connectivity index (χ0) is 19.2. The van der Waals surface area contributed by atoms with Crippen LogP contribution in [0.15, 0.2) is 84.9 Å². The van der Waals surface area contributed by atoms with E-state index >= 15 is 0 Å². The predicted octanol–water partition coefficient (Wildman–Crippen LogP) is 4.55. The molecule has 1 atom stereocenters. The average molecular weight is 356 g/mol. The van der Waals surface area contributed by atoms with Crippen molar-refractivity contribution in [3.63, 3.8) is 0 Å². The fourth-order valence-corrected chi connectivity index (χ4v) is 3.01. The lowest BCUT2D eigenvalue weighted by Gasteiger charge is -2.13. The van der Waals surface area contributed by atoms with Crippen LogP contribution in [0.1, 0.15) is 38.8 Å². The van der Waals surface area contributed by atoms with Gasteiger partial charge in [0.2, 0.25) is 0 Å². The van der Waals surface area contributed by atoms with Gasteiger partial charge in [0, 0.05) is 16.7 Å². The molecule has 0 N–H and O–H groups in total. The summed E-state index contributed by atoms with van der Waals surface area (Å²) in [4.78, 5) is 37.2. The molecule has 0 saturated carbocycles. The third kappa shape index (κ3) is 4.45. The van der Waals surface area contributed by atoms with E-state index in [2.05, 4.69) is 0 Å². The summed E-state index contributed by atoms with van der Waals surface area (Å²) in [6, 6.07) is 25.0. The van der Waals surface area contributed by atoms with Crippen molar-refractivity contribution in [1.29, 1.82) is 0 Å². The molecule has 0 spiro atoms. The molecule has 3 aromatic rings. The third-order valence-electron chi connectivity index (χ3n) is 4.56. The highest BCUT2D eigenvalue weighted by Gasteiger charge is 2.24. The molecule has 0 aromatic heterocycles. The van der Waals surface area contributed by atoms with Gasteiger partial charge in [-0.1, -0.05) is 84.9 Å². The Balaban J connectivity index is 1.77. The van der Waals surface area contributed by atoms with Crippen LogP contribution < -0.4 is 0 Å². The quantitative estimate of drug-likeness (QED) is 0.461. The SMILES string of the molecule is CC(=O)C(Cc1ccc(C(=O)c2ccccc2)cc1)C(=O)c1ccccc1. The molecule has 3 nitrogen and oxygen atoms in total. The van der Waals surface area contributed by atoms with E-state index in [1.807, 2.05) is 36.4 Å². The first-order valence-electron chi connectivity index (χ1n) is 8.84. The zero-order valence-corrected chi connectivity index (χ0v) is 15.1. The summed E-state index contributed by atoms with van der Waals surface area (Å²) in [7, 11) is 0. The van der Waals surface area contributed by atoms with Gasteiger partial charge in [-0.15, -0.1) is 0 Å². The standard InChI is InChI=1S/C24H20O3/c1-17(25)22(24(27)20-10-6-3-7-11-20)16-18-12-14-21(15-13-18)23(26)19-8-4-2-5-9-19/h2-15,22H,16H2,1H3. The van der Waals surface area contributed by atoms with Gasteiger partial charge < -0.3 is 0 Å². The van der Waals surface area contributed by atoms with E-state index in [9.17, 15) is 14.4 Å². The van der Waals surface area contributed by atoms with E-state index in [0.717, 1.165) is 5.56 Å². The highest BCUT2D eigenvalue weighted by atomic mass is 16.2. The molecule has 0 amide bonds. The molecule has 0 aliphatic carbocycles. The van der Waals surface area contributed by atoms with Crippen molar-refractivity contribution >= 4 is 17.3 Å². The van der Waals surface area contributed by atoms with Gasteiger partial charge in [-0.2, -0.15) is 0 Å². The first-order valence-corrected chi connectivity index (χ1v) is 8.84. The van der Waals surface area contributed by atoms with E-state index < -0.39 is 5.92 Å². The molecule has 0 fully saturated rings. The van der Waals surface area contributed by atoms with E-state index in [-0.39, 0.29) is 17.3 Å². The Morgan fingerprint density at radius 3 is 1.67 bits per heavy atom. The normalized spacial score (nSPS) is 11.6. The zero-order valence-electron chi connectivity index (χ0n) is 15.1. The van der Waals surface area contributed by atoms with Crippen molar-refractivity contribution in [3.05, 3.63) is 107 Å². The Bertz CT molecular complexity index is 942. The van der Waals surface area contributed by atoms with Crippen LogP contribution in [0.5, 0.6) is 0 Å². The van der Waals surface area contributed by atoms with Crippen LogP contribution in [0.3, 0.4) is 0 Å². The maximum Gasteiger partial charge on any atom is 0.193 e. The highest BCUT2D eigenvalue weighted by molar-refractivity contribution is 6.10. The van der Waals surface area contributed by atoms with E-state index in [0.29, 0.717) is 23.1 Å². The summed E-state index contributed by atoms with van der Waals surface area (Å²) in [6.07, 6.45) is 0.322. The van der Waals surface area contributed by atoms with Crippen molar-refractivity contribution in [1.82, 2.24) is 0 Å². The number of carbonyl (C=O) groups excluding carboxylic acids is 3. The van der Waals surface area contributed by atoms with Crippen LogP contribution in [0.2, 0.25) is 0 Å². The topological polar surface area (TPSA) is 51.2 Å². The summed E-state index contributed by atoms with van der Waals surface area (Å²) in [5.74, 6) is -1.10. The summed E-state index contributed by atoms with van der Waals surface area (Å²) in [6.45, 7) is 1.44. The van der Waals surface area contributed by atoms with Gasteiger partial charge in [0.1, 0.15) is 5.78 Å². The number of benzene rings is 3. The van der Waals surface area contributed by atoms with Crippen molar-refractivity contribution < 1.29 is 14.4 Å². The van der Waals surface area contributed by atoms with E-state index in [4.69, 9.17) is 0 Å². The number of hydrogen-bond acceptors (Lipinski definition) is 3. The van der Waals surface area contributed by atoms with Gasteiger partial charge in [-0.25, -0.2) is 0 Å². The molecule has 134 valence electrons. The molecule has 0 saturated heterocycles. The van der Waals surface area contributed by atoms with Crippen molar-refractivity contribution in [2.45, 2.75) is 13.3 Å². The first-order chi connectivity index (χ1) is 13.1. The van der Waals surface area contributed by atoms with Crippen molar-refractivity contribution in [2.75, 3.05) is 0 Å². The summed E-state index contributed by atoms with van der Waals surface area (Å²) >= 11 is 0. The molecule has 0 heterocycles. The fraction of sp³-hybridized carbons (Fsp3) is 0.125. The van der Waals surface area contributed by atoms with Crippen LogP contribution in [-0.4, -0.2) is 17.3 Å². The number of carbonyl (C=O) groups is 3. The molecule has 3 aromatic carbocycles. The second-order valence-electron chi connectivity index (χ2n) is 6.49. The summed E-state index contributed by atoms with van der Waals surface area (Å²) < 4.78 is 0. The lowest BCUT2D eigenvalue weighted by atomic mass is 9.88. The first kappa shape index (κ1) is 18.5. The minimum Gasteiger partial charge on any atom is -0.299 e. The smallest absolute Gasteiger partial charge is 0.193 e. The highest BCUT2D eigenvalue weighted by Crippen LogP contribution is 2.18. The van der Waals surface area contributed by atoms with Crippen LogP contribution >= 0.6 is 0 Å². The van der Waals surface area contributed by atoms with Crippen molar-refractivity contribution in [3.8, 4) is 0 Å². The Hall–Kier alpha value is -3.33.